The molecule has 122 valence electrons. The average molecular weight is 373 g/mol. The van der Waals surface area contributed by atoms with Gasteiger partial charge in [-0.15, -0.1) is 0 Å². The molecular formula is C16H16Cl3N3O. The molecule has 1 heterocycles. The molecule has 2 aromatic rings. The molecule has 1 aromatic heterocycles. The third-order valence-corrected chi connectivity index (χ3v) is 3.88. The van der Waals surface area contributed by atoms with Gasteiger partial charge in [-0.1, -0.05) is 59.1 Å². The average Bonchev–Trinajstić information content (AvgIpc) is 2.51. The molecular weight excluding hydrogens is 357 g/mol. The highest BCUT2D eigenvalue weighted by Gasteiger charge is 2.34. The fraction of sp³-hybridized carbons (Fsp3) is 0.250. The van der Waals surface area contributed by atoms with Crippen molar-refractivity contribution in [2.75, 3.05) is 0 Å². The van der Waals surface area contributed by atoms with Crippen LogP contribution in [0.1, 0.15) is 21.5 Å². The van der Waals surface area contributed by atoms with E-state index in [4.69, 9.17) is 34.8 Å². The Morgan fingerprint density at radius 2 is 1.96 bits per heavy atom. The van der Waals surface area contributed by atoms with Gasteiger partial charge in [0.2, 0.25) is 3.79 Å². The van der Waals surface area contributed by atoms with Gasteiger partial charge in [0.1, 0.15) is 6.17 Å². The highest BCUT2D eigenvalue weighted by molar-refractivity contribution is 6.68. The molecule has 4 nitrogen and oxygen atoms in total. The van der Waals surface area contributed by atoms with Gasteiger partial charge < -0.3 is 5.32 Å². The van der Waals surface area contributed by atoms with Gasteiger partial charge in [0.05, 0.1) is 0 Å². The predicted octanol–water partition coefficient (Wildman–Crippen LogP) is 3.61. The molecule has 0 saturated carbocycles. The molecule has 0 spiro atoms. The highest BCUT2D eigenvalue weighted by atomic mass is 35.6. The summed E-state index contributed by atoms with van der Waals surface area (Å²) in [5.74, 6) is -0.307. The van der Waals surface area contributed by atoms with Gasteiger partial charge in [0, 0.05) is 24.5 Å². The normalized spacial score (nSPS) is 12.7. The van der Waals surface area contributed by atoms with Gasteiger partial charge in [0.25, 0.3) is 5.91 Å². The minimum atomic E-state index is -1.69. The molecule has 0 unspecified atom stereocenters. The van der Waals surface area contributed by atoms with Gasteiger partial charge in [-0.25, -0.2) is 0 Å². The van der Waals surface area contributed by atoms with E-state index in [9.17, 15) is 4.79 Å². The number of hydrogen-bond donors (Lipinski definition) is 2. The first kappa shape index (κ1) is 18.0. The number of rotatable bonds is 5. The summed E-state index contributed by atoms with van der Waals surface area (Å²) in [5.41, 5.74) is 2.30. The summed E-state index contributed by atoms with van der Waals surface area (Å²) in [6.45, 7) is 2.25. The van der Waals surface area contributed by atoms with Gasteiger partial charge in [0.15, 0.2) is 0 Å². The summed E-state index contributed by atoms with van der Waals surface area (Å²) in [4.78, 5) is 16.4. The van der Waals surface area contributed by atoms with Crippen LogP contribution in [-0.4, -0.2) is 20.8 Å². The fourth-order valence-corrected chi connectivity index (χ4v) is 2.40. The Morgan fingerprint density at radius 3 is 2.57 bits per heavy atom. The Bertz CT molecular complexity index is 659. The quantitative estimate of drug-likeness (QED) is 0.623. The maximum atomic E-state index is 12.4. The third kappa shape index (κ3) is 5.36. The second-order valence-electron chi connectivity index (χ2n) is 5.01. The Hall–Kier alpha value is -1.33. The van der Waals surface area contributed by atoms with Crippen molar-refractivity contribution in [3.8, 4) is 0 Å². The predicted molar refractivity (Wildman–Crippen MR) is 93.8 cm³/mol. The van der Waals surface area contributed by atoms with Crippen LogP contribution in [0, 0.1) is 6.92 Å². The summed E-state index contributed by atoms with van der Waals surface area (Å²) in [6, 6.07) is 10.9. The van der Waals surface area contributed by atoms with Crippen LogP contribution < -0.4 is 10.6 Å². The number of carbonyl (C=O) groups excluding carboxylic acids is 1. The lowest BCUT2D eigenvalue weighted by molar-refractivity contribution is 0.0928. The van der Waals surface area contributed by atoms with Crippen LogP contribution in [0.2, 0.25) is 0 Å². The molecule has 0 aliphatic carbocycles. The lowest BCUT2D eigenvalue weighted by atomic mass is 10.1. The summed E-state index contributed by atoms with van der Waals surface area (Å²) < 4.78 is -1.69. The van der Waals surface area contributed by atoms with Crippen LogP contribution in [0.25, 0.3) is 0 Å². The number of halogens is 3. The van der Waals surface area contributed by atoms with Crippen LogP contribution >= 0.6 is 34.8 Å². The van der Waals surface area contributed by atoms with Crippen molar-refractivity contribution in [2.24, 2.45) is 0 Å². The van der Waals surface area contributed by atoms with Gasteiger partial charge in [-0.2, -0.15) is 0 Å². The van der Waals surface area contributed by atoms with Crippen molar-refractivity contribution in [1.29, 1.82) is 0 Å². The standard InChI is InChI=1S/C16H16Cl3N3O/c1-11-5-2-3-7-13(11)14(23)22-15(16(17,18)19)21-10-12-6-4-8-20-9-12/h2-9,15,21H,10H2,1H3,(H,22,23)/t15-/m1/s1. The first-order chi connectivity index (χ1) is 10.9. The number of hydrogen-bond acceptors (Lipinski definition) is 3. The van der Waals surface area contributed by atoms with Crippen molar-refractivity contribution < 1.29 is 4.79 Å². The van der Waals surface area contributed by atoms with Crippen molar-refractivity contribution in [1.82, 2.24) is 15.6 Å². The molecule has 1 amide bonds. The number of amides is 1. The van der Waals surface area contributed by atoms with E-state index in [1.807, 2.05) is 31.2 Å². The second-order valence-corrected chi connectivity index (χ2v) is 7.37. The van der Waals surface area contributed by atoms with Gasteiger partial charge in [-0.05, 0) is 30.2 Å². The molecule has 0 saturated heterocycles. The topological polar surface area (TPSA) is 54.0 Å². The van der Waals surface area contributed by atoms with Crippen molar-refractivity contribution in [3.05, 3.63) is 65.5 Å². The van der Waals surface area contributed by atoms with E-state index in [2.05, 4.69) is 15.6 Å². The van der Waals surface area contributed by atoms with Crippen molar-refractivity contribution in [3.63, 3.8) is 0 Å². The van der Waals surface area contributed by atoms with E-state index >= 15 is 0 Å². The number of nitrogens with zero attached hydrogens (tertiary/aromatic N) is 1. The van der Waals surface area contributed by atoms with Crippen LogP contribution in [-0.2, 0) is 6.54 Å². The summed E-state index contributed by atoms with van der Waals surface area (Å²) in [7, 11) is 0. The molecule has 2 N–H and O–H groups in total. The monoisotopic (exact) mass is 371 g/mol. The molecule has 1 atom stereocenters. The second kappa shape index (κ2) is 7.97. The number of pyridine rings is 1. The molecule has 0 aliphatic rings. The van der Waals surface area contributed by atoms with E-state index in [0.29, 0.717) is 12.1 Å². The maximum Gasteiger partial charge on any atom is 0.252 e. The Kier molecular flexibility index (Phi) is 6.25. The van der Waals surface area contributed by atoms with Crippen LogP contribution in [0.15, 0.2) is 48.8 Å². The third-order valence-electron chi connectivity index (χ3n) is 3.23. The highest BCUT2D eigenvalue weighted by Crippen LogP contribution is 2.29. The Balaban J connectivity index is 2.07. The van der Waals surface area contributed by atoms with Crippen LogP contribution in [0.4, 0.5) is 0 Å². The van der Waals surface area contributed by atoms with E-state index in [1.165, 1.54) is 0 Å². The molecule has 0 aliphatic heterocycles. The summed E-state index contributed by atoms with van der Waals surface area (Å²) in [6.07, 6.45) is 2.53. The molecule has 0 bridgehead atoms. The number of benzene rings is 1. The molecule has 1 aromatic carbocycles. The zero-order valence-electron chi connectivity index (χ0n) is 12.4. The maximum absolute atomic E-state index is 12.4. The van der Waals surface area contributed by atoms with Gasteiger partial charge in [-0.3, -0.25) is 15.1 Å². The molecule has 0 radical (unpaired) electrons. The van der Waals surface area contributed by atoms with E-state index in [0.717, 1.165) is 11.1 Å². The largest absolute Gasteiger partial charge is 0.333 e. The van der Waals surface area contributed by atoms with Crippen molar-refractivity contribution >= 4 is 40.7 Å². The molecule has 2 rings (SSSR count). The van der Waals surface area contributed by atoms with Crippen LogP contribution in [0.5, 0.6) is 0 Å². The van der Waals surface area contributed by atoms with E-state index < -0.39 is 9.96 Å². The summed E-state index contributed by atoms with van der Waals surface area (Å²) >= 11 is 17.9. The SMILES string of the molecule is Cc1ccccc1C(=O)N[C@@H](NCc1cccnc1)C(Cl)(Cl)Cl. The Labute approximate surface area is 150 Å². The van der Waals surface area contributed by atoms with E-state index in [-0.39, 0.29) is 5.91 Å². The first-order valence-corrected chi connectivity index (χ1v) is 8.07. The van der Waals surface area contributed by atoms with Crippen molar-refractivity contribution in [2.45, 2.75) is 23.4 Å². The number of carbonyl (C=O) groups is 1. The van der Waals surface area contributed by atoms with Crippen LogP contribution in [0.3, 0.4) is 0 Å². The molecule has 0 fully saturated rings. The number of aromatic nitrogens is 1. The minimum absolute atomic E-state index is 0.307. The first-order valence-electron chi connectivity index (χ1n) is 6.93. The fourth-order valence-electron chi connectivity index (χ4n) is 2.01. The molecule has 23 heavy (non-hydrogen) atoms. The smallest absolute Gasteiger partial charge is 0.252 e. The lowest BCUT2D eigenvalue weighted by Crippen LogP contribution is -2.53. The minimum Gasteiger partial charge on any atom is -0.333 e. The number of nitrogens with one attached hydrogen (secondary N) is 2. The van der Waals surface area contributed by atoms with E-state index in [1.54, 1.807) is 24.5 Å². The Morgan fingerprint density at radius 1 is 1.22 bits per heavy atom. The zero-order chi connectivity index (χ0) is 16.9. The van der Waals surface area contributed by atoms with Gasteiger partial charge >= 0.3 is 0 Å². The lowest BCUT2D eigenvalue weighted by Gasteiger charge is -2.27. The number of alkyl halides is 3. The molecule has 7 heteroatoms. The number of aryl methyl sites for hydroxylation is 1. The zero-order valence-corrected chi connectivity index (χ0v) is 14.7. The summed E-state index contributed by atoms with van der Waals surface area (Å²) in [5, 5.41) is 5.75.